The Bertz CT molecular complexity index is 758. The summed E-state index contributed by atoms with van der Waals surface area (Å²) in [5.41, 5.74) is 2.68. The van der Waals surface area contributed by atoms with Gasteiger partial charge in [-0.3, -0.25) is 19.5 Å². The highest BCUT2D eigenvalue weighted by molar-refractivity contribution is 5.95. The molecule has 4 rings (SSSR count). The summed E-state index contributed by atoms with van der Waals surface area (Å²) in [5, 5.41) is 0. The van der Waals surface area contributed by atoms with Crippen LogP contribution in [-0.4, -0.2) is 76.8 Å². The summed E-state index contributed by atoms with van der Waals surface area (Å²) in [7, 11) is 0. The second-order valence-electron chi connectivity index (χ2n) is 9.16. The molecule has 3 fully saturated rings. The van der Waals surface area contributed by atoms with Gasteiger partial charge in [0.2, 0.25) is 5.91 Å². The number of pyridine rings is 1. The Hall–Kier alpha value is -1.95. The van der Waals surface area contributed by atoms with E-state index < -0.39 is 0 Å². The number of carbonyl (C=O) groups is 2. The van der Waals surface area contributed by atoms with Crippen molar-refractivity contribution in [2.45, 2.75) is 70.8 Å². The Morgan fingerprint density at radius 1 is 0.933 bits per heavy atom. The minimum Gasteiger partial charge on any atom is -0.343 e. The number of hydrogen-bond donors (Lipinski definition) is 0. The molecule has 164 valence electrons. The predicted octanol–water partition coefficient (Wildman–Crippen LogP) is 3.21. The number of piperazine rings is 1. The Kier molecular flexibility index (Phi) is 6.71. The van der Waals surface area contributed by atoms with Crippen molar-refractivity contribution in [3.63, 3.8) is 0 Å². The quantitative estimate of drug-likeness (QED) is 0.762. The highest BCUT2D eigenvalue weighted by Gasteiger charge is 2.31. The monoisotopic (exact) mass is 412 g/mol. The van der Waals surface area contributed by atoms with Crippen molar-refractivity contribution in [2.75, 3.05) is 39.3 Å². The van der Waals surface area contributed by atoms with Crippen molar-refractivity contribution < 1.29 is 9.59 Å². The summed E-state index contributed by atoms with van der Waals surface area (Å²) < 4.78 is 0. The SMILES string of the molecule is CCC(=O)N1CCC(c2nc(C)ccc2C(=O)N2CCN(C3CCCC3)CC2)CC1. The van der Waals surface area contributed by atoms with E-state index in [0.29, 0.717) is 6.42 Å². The lowest BCUT2D eigenvalue weighted by atomic mass is 9.89. The Balaban J connectivity index is 1.43. The highest BCUT2D eigenvalue weighted by Crippen LogP contribution is 2.31. The second kappa shape index (κ2) is 9.46. The summed E-state index contributed by atoms with van der Waals surface area (Å²) in [6, 6.07) is 4.67. The average Bonchev–Trinajstić information content (AvgIpc) is 3.33. The lowest BCUT2D eigenvalue weighted by Crippen LogP contribution is -2.51. The summed E-state index contributed by atoms with van der Waals surface area (Å²) in [4.78, 5) is 36.8. The smallest absolute Gasteiger partial charge is 0.255 e. The van der Waals surface area contributed by atoms with E-state index in [2.05, 4.69) is 4.90 Å². The van der Waals surface area contributed by atoms with Crippen LogP contribution in [-0.2, 0) is 4.79 Å². The minimum absolute atomic E-state index is 0.135. The number of likely N-dealkylation sites (tertiary alicyclic amines) is 1. The first-order valence-electron chi connectivity index (χ1n) is 11.9. The lowest BCUT2D eigenvalue weighted by molar-refractivity contribution is -0.131. The fourth-order valence-corrected chi connectivity index (χ4v) is 5.42. The van der Waals surface area contributed by atoms with Crippen LogP contribution in [0.3, 0.4) is 0 Å². The lowest BCUT2D eigenvalue weighted by Gasteiger charge is -2.38. The van der Waals surface area contributed by atoms with E-state index in [9.17, 15) is 9.59 Å². The molecule has 0 N–H and O–H groups in total. The van der Waals surface area contributed by atoms with Crippen LogP contribution < -0.4 is 0 Å². The molecule has 0 bridgehead atoms. The molecular formula is C24H36N4O2. The van der Waals surface area contributed by atoms with Gasteiger partial charge in [-0.15, -0.1) is 0 Å². The second-order valence-corrected chi connectivity index (χ2v) is 9.16. The third-order valence-corrected chi connectivity index (χ3v) is 7.27. The zero-order valence-corrected chi connectivity index (χ0v) is 18.6. The molecule has 30 heavy (non-hydrogen) atoms. The maximum absolute atomic E-state index is 13.4. The van der Waals surface area contributed by atoms with E-state index >= 15 is 0 Å². The van der Waals surface area contributed by atoms with Gasteiger partial charge in [-0.05, 0) is 44.7 Å². The molecular weight excluding hydrogens is 376 g/mol. The topological polar surface area (TPSA) is 56.8 Å². The van der Waals surface area contributed by atoms with Gasteiger partial charge < -0.3 is 9.80 Å². The van der Waals surface area contributed by atoms with Crippen LogP contribution in [0.15, 0.2) is 12.1 Å². The van der Waals surface area contributed by atoms with E-state index in [1.807, 2.05) is 35.8 Å². The third kappa shape index (κ3) is 4.53. The zero-order chi connectivity index (χ0) is 21.1. The first-order valence-corrected chi connectivity index (χ1v) is 11.9. The summed E-state index contributed by atoms with van der Waals surface area (Å²) >= 11 is 0. The molecule has 2 amide bonds. The number of aromatic nitrogens is 1. The molecule has 1 aromatic rings. The largest absolute Gasteiger partial charge is 0.343 e. The summed E-state index contributed by atoms with van der Waals surface area (Å²) in [5.74, 6) is 0.613. The summed E-state index contributed by atoms with van der Waals surface area (Å²) in [6.45, 7) is 9.04. The molecule has 6 nitrogen and oxygen atoms in total. The van der Waals surface area contributed by atoms with E-state index in [1.54, 1.807) is 0 Å². The van der Waals surface area contributed by atoms with Crippen LogP contribution in [0.5, 0.6) is 0 Å². The first-order chi connectivity index (χ1) is 14.6. The van der Waals surface area contributed by atoms with Gasteiger partial charge in [-0.25, -0.2) is 0 Å². The van der Waals surface area contributed by atoms with Crippen LogP contribution in [0.2, 0.25) is 0 Å². The van der Waals surface area contributed by atoms with E-state index in [1.165, 1.54) is 25.7 Å². The molecule has 6 heteroatoms. The van der Waals surface area contributed by atoms with Gasteiger partial charge in [0, 0.05) is 63.3 Å². The van der Waals surface area contributed by atoms with Crippen LogP contribution in [0.25, 0.3) is 0 Å². The van der Waals surface area contributed by atoms with Gasteiger partial charge in [0.15, 0.2) is 0 Å². The Morgan fingerprint density at radius 2 is 1.60 bits per heavy atom. The van der Waals surface area contributed by atoms with Crippen molar-refractivity contribution in [2.24, 2.45) is 0 Å². The van der Waals surface area contributed by atoms with E-state index in [0.717, 1.165) is 75.1 Å². The number of aryl methyl sites for hydroxylation is 1. The van der Waals surface area contributed by atoms with Crippen LogP contribution in [0.1, 0.15) is 79.5 Å². The first kappa shape index (κ1) is 21.3. The third-order valence-electron chi connectivity index (χ3n) is 7.27. The molecule has 1 aromatic heterocycles. The maximum Gasteiger partial charge on any atom is 0.255 e. The van der Waals surface area contributed by atoms with Gasteiger partial charge in [0.1, 0.15) is 0 Å². The molecule has 0 unspecified atom stereocenters. The van der Waals surface area contributed by atoms with Gasteiger partial charge >= 0.3 is 0 Å². The molecule has 0 aromatic carbocycles. The van der Waals surface area contributed by atoms with Gasteiger partial charge in [0.25, 0.3) is 5.91 Å². The minimum atomic E-state index is 0.135. The maximum atomic E-state index is 13.4. The standard InChI is InChI=1S/C24H36N4O2/c1-3-22(29)27-12-10-19(11-13-27)23-21(9-8-18(2)25-23)24(30)28-16-14-26(15-17-28)20-6-4-5-7-20/h8-9,19-20H,3-7,10-17H2,1-2H3. The molecule has 0 radical (unpaired) electrons. The number of piperidine rings is 1. The molecule has 1 aliphatic carbocycles. The highest BCUT2D eigenvalue weighted by atomic mass is 16.2. The predicted molar refractivity (Wildman–Crippen MR) is 118 cm³/mol. The molecule has 3 heterocycles. The molecule has 0 spiro atoms. The number of amides is 2. The molecule has 0 atom stereocenters. The average molecular weight is 413 g/mol. The van der Waals surface area contributed by atoms with Gasteiger partial charge in [0.05, 0.1) is 11.3 Å². The van der Waals surface area contributed by atoms with E-state index in [4.69, 9.17) is 4.98 Å². The summed E-state index contributed by atoms with van der Waals surface area (Å²) in [6.07, 6.45) is 7.67. The van der Waals surface area contributed by atoms with Crippen LogP contribution in [0, 0.1) is 6.92 Å². The number of rotatable bonds is 4. The Morgan fingerprint density at radius 3 is 2.23 bits per heavy atom. The van der Waals surface area contributed by atoms with Crippen LogP contribution in [0.4, 0.5) is 0 Å². The van der Waals surface area contributed by atoms with Crippen molar-refractivity contribution >= 4 is 11.8 Å². The van der Waals surface area contributed by atoms with Crippen molar-refractivity contribution in [3.05, 3.63) is 29.1 Å². The Labute approximate surface area is 180 Å². The molecule has 3 aliphatic rings. The fraction of sp³-hybridized carbons (Fsp3) is 0.708. The van der Waals surface area contributed by atoms with Crippen LogP contribution >= 0.6 is 0 Å². The van der Waals surface area contributed by atoms with Crippen molar-refractivity contribution in [1.82, 2.24) is 19.7 Å². The van der Waals surface area contributed by atoms with Gasteiger partial charge in [-0.2, -0.15) is 0 Å². The normalized spacial score (nSPS) is 21.9. The van der Waals surface area contributed by atoms with E-state index in [-0.39, 0.29) is 17.7 Å². The number of nitrogens with zero attached hydrogens (tertiary/aromatic N) is 4. The number of carbonyl (C=O) groups excluding carboxylic acids is 2. The fourth-order valence-electron chi connectivity index (χ4n) is 5.42. The molecule has 1 saturated carbocycles. The number of hydrogen-bond acceptors (Lipinski definition) is 4. The van der Waals surface area contributed by atoms with Crippen molar-refractivity contribution in [3.8, 4) is 0 Å². The zero-order valence-electron chi connectivity index (χ0n) is 18.6. The van der Waals surface area contributed by atoms with Gasteiger partial charge in [-0.1, -0.05) is 19.8 Å². The molecule has 2 saturated heterocycles. The van der Waals surface area contributed by atoms with Crippen molar-refractivity contribution in [1.29, 1.82) is 0 Å². The molecule has 2 aliphatic heterocycles.